The molecular weight excluding hydrogens is 400 g/mol. The van der Waals surface area contributed by atoms with E-state index in [1.807, 2.05) is 0 Å². The van der Waals surface area contributed by atoms with Gasteiger partial charge in [-0.25, -0.2) is 0 Å². The molecule has 3 rings (SSSR count). The lowest BCUT2D eigenvalue weighted by atomic mass is 9.49. The molecule has 3 aliphatic rings. The average molecular weight is 449 g/mol. The Morgan fingerprint density at radius 3 is 2.28 bits per heavy atom. The summed E-state index contributed by atoms with van der Waals surface area (Å²) in [6.07, 6.45) is 8.15. The maximum Gasteiger partial charge on any atom is 0.303 e. The fourth-order valence-electron chi connectivity index (χ4n) is 8.15. The second-order valence-electron chi connectivity index (χ2n) is 12.7. The summed E-state index contributed by atoms with van der Waals surface area (Å²) in [4.78, 5) is 25.1. The number of carboxylic acids is 1. The third kappa shape index (κ3) is 4.81. The molecule has 0 aliphatic heterocycles. The van der Waals surface area contributed by atoms with Crippen LogP contribution in [0.25, 0.3) is 0 Å². The van der Waals surface area contributed by atoms with Crippen molar-refractivity contribution in [2.45, 2.75) is 112 Å². The number of ketones is 1. The number of aliphatic hydroxyl groups is 1. The molecule has 0 aromatic carbocycles. The van der Waals surface area contributed by atoms with Gasteiger partial charge in [-0.15, -0.1) is 0 Å². The molecule has 9 atom stereocenters. The summed E-state index contributed by atoms with van der Waals surface area (Å²) in [6.45, 7) is 13.9. The second kappa shape index (κ2) is 9.76. The van der Waals surface area contributed by atoms with Gasteiger partial charge in [0.25, 0.3) is 0 Å². The van der Waals surface area contributed by atoms with Crippen LogP contribution in [-0.2, 0) is 9.59 Å². The molecule has 0 amide bonds. The number of aliphatic carboxylic acids is 1. The van der Waals surface area contributed by atoms with Gasteiger partial charge in [-0.1, -0.05) is 54.4 Å². The van der Waals surface area contributed by atoms with Gasteiger partial charge in [-0.2, -0.15) is 0 Å². The first-order chi connectivity index (χ1) is 14.9. The molecule has 32 heavy (non-hydrogen) atoms. The van der Waals surface area contributed by atoms with E-state index in [4.69, 9.17) is 0 Å². The van der Waals surface area contributed by atoms with Crippen molar-refractivity contribution in [2.75, 3.05) is 0 Å². The summed E-state index contributed by atoms with van der Waals surface area (Å²) in [5, 5.41) is 19.8. The Labute approximate surface area is 195 Å². The first-order valence-electron chi connectivity index (χ1n) is 13.3. The number of Topliss-reactive ketones (excluding diaryl/α,β-unsaturated/α-hetero) is 1. The van der Waals surface area contributed by atoms with Crippen LogP contribution in [0.4, 0.5) is 0 Å². The van der Waals surface area contributed by atoms with Crippen molar-refractivity contribution in [2.24, 2.45) is 52.3 Å². The van der Waals surface area contributed by atoms with E-state index < -0.39 is 17.5 Å². The lowest BCUT2D eigenvalue weighted by molar-refractivity contribution is -0.151. The molecule has 184 valence electrons. The Hall–Kier alpha value is -0.900. The maximum absolute atomic E-state index is 13.1. The fourth-order valence-corrected chi connectivity index (χ4v) is 8.15. The maximum atomic E-state index is 13.1. The zero-order valence-electron chi connectivity index (χ0n) is 21.4. The number of fused-ring (bicyclic) bond motifs is 1. The van der Waals surface area contributed by atoms with E-state index in [1.165, 1.54) is 19.3 Å². The molecule has 0 aromatic rings. The molecule has 3 saturated carbocycles. The van der Waals surface area contributed by atoms with Crippen LogP contribution in [0.3, 0.4) is 0 Å². The largest absolute Gasteiger partial charge is 0.481 e. The standard InChI is InChI=1S/C28H48O4/c1-17(2)18(3)7-8-19(4)22-9-10-23-21(16-26(31)32)24(12-14-27(22,23)5)28(6)13-11-20(29)15-25(28)30/h17-24,29H,7-16H2,1-6H3,(H,31,32)/t18?,19-,20+,21+,22-,23?,24?,27-,28-/m1/s1. The smallest absolute Gasteiger partial charge is 0.303 e. The van der Waals surface area contributed by atoms with E-state index >= 15 is 0 Å². The quantitative estimate of drug-likeness (QED) is 0.454. The minimum absolute atomic E-state index is 0.0715. The van der Waals surface area contributed by atoms with Crippen molar-refractivity contribution in [3.05, 3.63) is 0 Å². The van der Waals surface area contributed by atoms with Gasteiger partial charge >= 0.3 is 5.97 Å². The van der Waals surface area contributed by atoms with E-state index in [1.54, 1.807) is 0 Å². The van der Waals surface area contributed by atoms with Crippen LogP contribution in [-0.4, -0.2) is 28.1 Å². The highest BCUT2D eigenvalue weighted by molar-refractivity contribution is 5.86. The first-order valence-corrected chi connectivity index (χ1v) is 13.3. The highest BCUT2D eigenvalue weighted by Gasteiger charge is 2.59. The van der Waals surface area contributed by atoms with Crippen LogP contribution in [0.15, 0.2) is 0 Å². The minimum Gasteiger partial charge on any atom is -0.481 e. The van der Waals surface area contributed by atoms with Gasteiger partial charge < -0.3 is 10.2 Å². The topological polar surface area (TPSA) is 74.6 Å². The second-order valence-corrected chi connectivity index (χ2v) is 12.7. The first kappa shape index (κ1) is 25.7. The van der Waals surface area contributed by atoms with Gasteiger partial charge in [0.2, 0.25) is 0 Å². The molecule has 0 bridgehead atoms. The van der Waals surface area contributed by atoms with Crippen molar-refractivity contribution < 1.29 is 19.8 Å². The summed E-state index contributed by atoms with van der Waals surface area (Å²) >= 11 is 0. The predicted octanol–water partition coefficient (Wildman–Crippen LogP) is 6.35. The Kier molecular flexibility index (Phi) is 7.85. The number of rotatable bonds is 8. The highest BCUT2D eigenvalue weighted by atomic mass is 16.4. The van der Waals surface area contributed by atoms with Gasteiger partial charge in [-0.3, -0.25) is 9.59 Å². The normalized spacial score (nSPS) is 42.0. The zero-order valence-corrected chi connectivity index (χ0v) is 21.4. The van der Waals surface area contributed by atoms with Crippen molar-refractivity contribution in [1.29, 1.82) is 0 Å². The highest BCUT2D eigenvalue weighted by Crippen LogP contribution is 2.64. The van der Waals surface area contributed by atoms with E-state index in [0.29, 0.717) is 30.6 Å². The number of hydrogen-bond donors (Lipinski definition) is 2. The van der Waals surface area contributed by atoms with Crippen LogP contribution in [0.2, 0.25) is 0 Å². The van der Waals surface area contributed by atoms with Crippen molar-refractivity contribution >= 4 is 11.8 Å². The number of carbonyl (C=O) groups is 2. The number of aliphatic hydroxyl groups excluding tert-OH is 1. The van der Waals surface area contributed by atoms with E-state index in [-0.39, 0.29) is 35.9 Å². The molecule has 3 fully saturated rings. The summed E-state index contributed by atoms with van der Waals surface area (Å²) in [7, 11) is 0. The fraction of sp³-hybridized carbons (Fsp3) is 0.929. The predicted molar refractivity (Wildman–Crippen MR) is 128 cm³/mol. The third-order valence-corrected chi connectivity index (χ3v) is 10.7. The van der Waals surface area contributed by atoms with Gasteiger partial charge in [0.15, 0.2) is 0 Å². The van der Waals surface area contributed by atoms with Crippen molar-refractivity contribution in [3.8, 4) is 0 Å². The van der Waals surface area contributed by atoms with Crippen molar-refractivity contribution in [1.82, 2.24) is 0 Å². The van der Waals surface area contributed by atoms with E-state index in [2.05, 4.69) is 41.5 Å². The summed E-state index contributed by atoms with van der Waals surface area (Å²) in [6, 6.07) is 0. The SMILES string of the molecule is CC(C)C(C)CC[C@@H](C)[C@H]1CCC2[C@H](CC(=O)O)C([C@@]3(C)CC[C@H](O)CC3=O)CC[C@@]21C. The van der Waals surface area contributed by atoms with Crippen LogP contribution >= 0.6 is 0 Å². The molecule has 3 unspecified atom stereocenters. The van der Waals surface area contributed by atoms with Crippen LogP contribution in [0.5, 0.6) is 0 Å². The zero-order chi connectivity index (χ0) is 23.8. The summed E-state index contributed by atoms with van der Waals surface area (Å²) in [5.74, 6) is 2.81. The van der Waals surface area contributed by atoms with Crippen LogP contribution < -0.4 is 0 Å². The number of carboxylic acid groups (broad SMARTS) is 1. The van der Waals surface area contributed by atoms with Gasteiger partial charge in [0.05, 0.1) is 6.10 Å². The number of hydrogen-bond acceptors (Lipinski definition) is 3. The molecule has 2 N–H and O–H groups in total. The third-order valence-electron chi connectivity index (χ3n) is 10.7. The lowest BCUT2D eigenvalue weighted by Crippen LogP contribution is -2.52. The van der Waals surface area contributed by atoms with Crippen molar-refractivity contribution in [3.63, 3.8) is 0 Å². The van der Waals surface area contributed by atoms with Gasteiger partial charge in [0, 0.05) is 18.3 Å². The van der Waals surface area contributed by atoms with Crippen LogP contribution in [0.1, 0.15) is 106 Å². The molecule has 0 radical (unpaired) electrons. The minimum atomic E-state index is -0.724. The van der Waals surface area contributed by atoms with Crippen LogP contribution in [0, 0.1) is 52.3 Å². The van der Waals surface area contributed by atoms with E-state index in [9.17, 15) is 19.8 Å². The van der Waals surface area contributed by atoms with E-state index in [0.717, 1.165) is 31.1 Å². The molecular formula is C28H48O4. The molecule has 0 aromatic heterocycles. The average Bonchev–Trinajstić information content (AvgIpc) is 3.06. The number of carbonyl (C=O) groups excluding carboxylic acids is 1. The Balaban J connectivity index is 1.81. The van der Waals surface area contributed by atoms with Gasteiger partial charge in [0.1, 0.15) is 5.78 Å². The monoisotopic (exact) mass is 448 g/mol. The van der Waals surface area contributed by atoms with Gasteiger partial charge in [-0.05, 0) is 85.4 Å². The molecule has 0 spiro atoms. The Morgan fingerprint density at radius 1 is 1.00 bits per heavy atom. The molecule has 0 saturated heterocycles. The molecule has 0 heterocycles. The Bertz CT molecular complexity index is 687. The molecule has 3 aliphatic carbocycles. The summed E-state index contributed by atoms with van der Waals surface area (Å²) < 4.78 is 0. The lowest BCUT2D eigenvalue weighted by Gasteiger charge is -2.54. The molecule has 4 nitrogen and oxygen atoms in total. The Morgan fingerprint density at radius 2 is 1.69 bits per heavy atom. The molecule has 4 heteroatoms. The summed E-state index contributed by atoms with van der Waals surface area (Å²) in [5.41, 5.74) is -0.290.